The molecule has 1 aromatic carbocycles. The van der Waals surface area contributed by atoms with E-state index in [4.69, 9.17) is 4.74 Å². The van der Waals surface area contributed by atoms with Gasteiger partial charge in [-0.2, -0.15) is 16.4 Å². The lowest BCUT2D eigenvalue weighted by molar-refractivity contribution is 0.102. The maximum atomic E-state index is 12.8. The third-order valence-corrected chi connectivity index (χ3v) is 5.41. The third kappa shape index (κ3) is 3.14. The fourth-order valence-electron chi connectivity index (χ4n) is 3.28. The Bertz CT molecular complexity index is 1110. The highest BCUT2D eigenvalue weighted by Gasteiger charge is 2.17. The number of aromatic nitrogens is 4. The monoisotopic (exact) mass is 394 g/mol. The van der Waals surface area contributed by atoms with Gasteiger partial charge in [0, 0.05) is 29.7 Å². The summed E-state index contributed by atoms with van der Waals surface area (Å²) < 4.78 is 5.39. The van der Waals surface area contributed by atoms with Gasteiger partial charge in [0.15, 0.2) is 0 Å². The highest BCUT2D eigenvalue weighted by Crippen LogP contribution is 2.25. The molecule has 0 atom stereocenters. The van der Waals surface area contributed by atoms with E-state index in [9.17, 15) is 4.79 Å². The first-order valence-electron chi connectivity index (χ1n) is 8.98. The van der Waals surface area contributed by atoms with E-state index in [-0.39, 0.29) is 5.91 Å². The average molecular weight is 394 g/mol. The number of fused-ring (bicyclic) bond motifs is 1. The van der Waals surface area contributed by atoms with Crippen molar-refractivity contribution < 1.29 is 9.53 Å². The standard InChI is InChI=1S/C19H18N6O2S/c26-18(14-10-20-24-17(14)12-3-8-28-11-12)21-13-1-2-15-16(9-13)23-19(22-15)25-4-6-27-7-5-25/h1-3,8-11H,4-7H2,(H,20,24)(H,21,26)(H,22,23). The number of carbonyl (C=O) groups excluding carboxylic acids is 1. The van der Waals surface area contributed by atoms with Gasteiger partial charge in [0.05, 0.1) is 41.7 Å². The molecule has 0 aliphatic carbocycles. The second-order valence-corrected chi connectivity index (χ2v) is 7.30. The van der Waals surface area contributed by atoms with E-state index in [1.807, 2.05) is 35.0 Å². The van der Waals surface area contributed by atoms with Crippen LogP contribution in [0.1, 0.15) is 10.4 Å². The fourth-order valence-corrected chi connectivity index (χ4v) is 3.93. The van der Waals surface area contributed by atoms with Crippen LogP contribution in [0.5, 0.6) is 0 Å². The number of ether oxygens (including phenoxy) is 1. The number of aromatic amines is 2. The van der Waals surface area contributed by atoms with Gasteiger partial charge in [-0.05, 0) is 29.6 Å². The number of anilines is 2. The molecule has 0 saturated carbocycles. The molecule has 4 heterocycles. The summed E-state index contributed by atoms with van der Waals surface area (Å²) in [6.45, 7) is 3.04. The topological polar surface area (TPSA) is 98.9 Å². The number of nitrogens with one attached hydrogen (secondary N) is 3. The molecule has 1 aliphatic heterocycles. The summed E-state index contributed by atoms with van der Waals surface area (Å²) in [6, 6.07) is 7.61. The maximum Gasteiger partial charge on any atom is 0.259 e. The van der Waals surface area contributed by atoms with Gasteiger partial charge in [0.25, 0.3) is 5.91 Å². The molecule has 0 unspecified atom stereocenters. The number of thiophene rings is 1. The number of H-pyrrole nitrogens is 2. The number of benzene rings is 1. The second kappa shape index (κ2) is 7.10. The number of carbonyl (C=O) groups is 1. The number of nitrogens with zero attached hydrogens (tertiary/aromatic N) is 3. The largest absolute Gasteiger partial charge is 0.378 e. The number of amides is 1. The maximum absolute atomic E-state index is 12.8. The summed E-state index contributed by atoms with van der Waals surface area (Å²) in [5, 5.41) is 13.8. The molecule has 5 rings (SSSR count). The first-order valence-corrected chi connectivity index (χ1v) is 9.92. The van der Waals surface area contributed by atoms with Crippen LogP contribution in [0, 0.1) is 0 Å². The zero-order valence-corrected chi connectivity index (χ0v) is 15.8. The van der Waals surface area contributed by atoms with E-state index in [1.165, 1.54) is 0 Å². The van der Waals surface area contributed by atoms with Crippen LogP contribution >= 0.6 is 11.3 Å². The van der Waals surface area contributed by atoms with Crippen molar-refractivity contribution in [1.82, 2.24) is 20.2 Å². The Balaban J connectivity index is 1.38. The normalized spacial score (nSPS) is 14.5. The van der Waals surface area contributed by atoms with Gasteiger partial charge < -0.3 is 19.9 Å². The van der Waals surface area contributed by atoms with E-state index in [2.05, 4.69) is 30.4 Å². The number of morpholine rings is 1. The summed E-state index contributed by atoms with van der Waals surface area (Å²) in [4.78, 5) is 22.9. The molecule has 0 radical (unpaired) electrons. The van der Waals surface area contributed by atoms with Crippen molar-refractivity contribution in [2.45, 2.75) is 0 Å². The van der Waals surface area contributed by atoms with Gasteiger partial charge in [-0.25, -0.2) is 4.98 Å². The number of hydrogen-bond acceptors (Lipinski definition) is 6. The van der Waals surface area contributed by atoms with Crippen LogP contribution in [0.3, 0.4) is 0 Å². The molecule has 3 N–H and O–H groups in total. The summed E-state index contributed by atoms with van der Waals surface area (Å²) in [6.07, 6.45) is 1.55. The molecule has 1 saturated heterocycles. The molecule has 1 aliphatic rings. The minimum atomic E-state index is -0.206. The molecule has 0 spiro atoms. The van der Waals surface area contributed by atoms with Crippen molar-refractivity contribution in [2.75, 3.05) is 36.5 Å². The highest BCUT2D eigenvalue weighted by atomic mass is 32.1. The predicted octanol–water partition coefficient (Wildman–Crippen LogP) is 3.10. The van der Waals surface area contributed by atoms with Crippen LogP contribution in [0.2, 0.25) is 0 Å². The summed E-state index contributed by atoms with van der Waals surface area (Å²) in [5.41, 5.74) is 4.62. The Morgan fingerprint density at radius 3 is 2.96 bits per heavy atom. The Morgan fingerprint density at radius 1 is 1.25 bits per heavy atom. The minimum absolute atomic E-state index is 0.206. The molecule has 1 fully saturated rings. The van der Waals surface area contributed by atoms with Gasteiger partial charge in [-0.3, -0.25) is 9.89 Å². The van der Waals surface area contributed by atoms with Crippen molar-refractivity contribution in [1.29, 1.82) is 0 Å². The molecule has 8 nitrogen and oxygen atoms in total. The fraction of sp³-hybridized carbons (Fsp3) is 0.211. The highest BCUT2D eigenvalue weighted by molar-refractivity contribution is 7.08. The van der Waals surface area contributed by atoms with Crippen molar-refractivity contribution in [3.8, 4) is 11.3 Å². The minimum Gasteiger partial charge on any atom is -0.378 e. The van der Waals surface area contributed by atoms with Crippen LogP contribution in [0.25, 0.3) is 22.3 Å². The van der Waals surface area contributed by atoms with Gasteiger partial charge in [-0.1, -0.05) is 0 Å². The van der Waals surface area contributed by atoms with Crippen LogP contribution in [0.4, 0.5) is 11.6 Å². The molecule has 4 aromatic rings. The average Bonchev–Trinajstić information content (AvgIpc) is 3.47. The third-order valence-electron chi connectivity index (χ3n) is 4.73. The second-order valence-electron chi connectivity index (χ2n) is 6.52. The SMILES string of the molecule is O=C(Nc1ccc2nc(N3CCOCC3)[nH]c2c1)c1cn[nH]c1-c1ccsc1. The van der Waals surface area contributed by atoms with Crippen LogP contribution < -0.4 is 10.2 Å². The van der Waals surface area contributed by atoms with Crippen LogP contribution in [0.15, 0.2) is 41.2 Å². The smallest absolute Gasteiger partial charge is 0.259 e. The summed E-state index contributed by atoms with van der Waals surface area (Å²) in [7, 11) is 0. The molecule has 0 bridgehead atoms. The van der Waals surface area contributed by atoms with E-state index >= 15 is 0 Å². The van der Waals surface area contributed by atoms with Crippen molar-refractivity contribution >= 4 is 39.9 Å². The van der Waals surface area contributed by atoms with Gasteiger partial charge in [-0.15, -0.1) is 0 Å². The number of rotatable bonds is 4. The van der Waals surface area contributed by atoms with E-state index in [1.54, 1.807) is 17.5 Å². The first kappa shape index (κ1) is 17.0. The molecule has 28 heavy (non-hydrogen) atoms. The predicted molar refractivity (Wildman–Crippen MR) is 109 cm³/mol. The van der Waals surface area contributed by atoms with E-state index < -0.39 is 0 Å². The Labute approximate surface area is 164 Å². The Hall–Kier alpha value is -3.17. The zero-order chi connectivity index (χ0) is 18.9. The lowest BCUT2D eigenvalue weighted by Gasteiger charge is -2.26. The molecule has 1 amide bonds. The first-order chi connectivity index (χ1) is 13.8. The molecule has 3 aromatic heterocycles. The molecule has 9 heteroatoms. The zero-order valence-electron chi connectivity index (χ0n) is 14.9. The summed E-state index contributed by atoms with van der Waals surface area (Å²) in [5.74, 6) is 0.624. The lowest BCUT2D eigenvalue weighted by Crippen LogP contribution is -2.36. The van der Waals surface area contributed by atoms with Crippen molar-refractivity contribution in [2.24, 2.45) is 0 Å². The van der Waals surface area contributed by atoms with E-state index in [0.29, 0.717) is 24.5 Å². The molecular formula is C19H18N6O2S. The number of hydrogen-bond donors (Lipinski definition) is 3. The summed E-state index contributed by atoms with van der Waals surface area (Å²) >= 11 is 1.58. The van der Waals surface area contributed by atoms with Crippen LogP contribution in [-0.4, -0.2) is 52.4 Å². The quantitative estimate of drug-likeness (QED) is 0.494. The Kier molecular flexibility index (Phi) is 4.30. The Morgan fingerprint density at radius 2 is 2.14 bits per heavy atom. The van der Waals surface area contributed by atoms with Gasteiger partial charge >= 0.3 is 0 Å². The number of imidazole rings is 1. The van der Waals surface area contributed by atoms with Crippen LogP contribution in [-0.2, 0) is 4.74 Å². The van der Waals surface area contributed by atoms with Gasteiger partial charge in [0.1, 0.15) is 0 Å². The van der Waals surface area contributed by atoms with Crippen molar-refractivity contribution in [3.05, 3.63) is 46.8 Å². The molecular weight excluding hydrogens is 376 g/mol. The molecule has 142 valence electrons. The van der Waals surface area contributed by atoms with Gasteiger partial charge in [0.2, 0.25) is 5.95 Å². The van der Waals surface area contributed by atoms with Crippen molar-refractivity contribution in [3.63, 3.8) is 0 Å². The van der Waals surface area contributed by atoms with E-state index in [0.717, 1.165) is 41.3 Å². The lowest BCUT2D eigenvalue weighted by atomic mass is 10.1.